The summed E-state index contributed by atoms with van der Waals surface area (Å²) in [7, 11) is 0. The molecule has 1 aromatic carbocycles. The van der Waals surface area contributed by atoms with Crippen molar-refractivity contribution in [2.75, 3.05) is 19.6 Å². The van der Waals surface area contributed by atoms with Crippen LogP contribution in [0, 0.1) is 0 Å². The molecule has 6 heteroatoms. The second-order valence-electron chi connectivity index (χ2n) is 9.22. The Labute approximate surface area is 172 Å². The molecule has 4 rings (SSSR count). The van der Waals surface area contributed by atoms with Gasteiger partial charge in [0.15, 0.2) is 0 Å². The first kappa shape index (κ1) is 19.8. The van der Waals surface area contributed by atoms with E-state index in [0.717, 1.165) is 38.8 Å². The van der Waals surface area contributed by atoms with Crippen LogP contribution in [0.3, 0.4) is 0 Å². The Morgan fingerprint density at radius 2 is 1.79 bits per heavy atom. The molecule has 2 saturated heterocycles. The van der Waals surface area contributed by atoms with Gasteiger partial charge in [-0.3, -0.25) is 9.69 Å². The van der Waals surface area contributed by atoms with Gasteiger partial charge in [-0.1, -0.05) is 18.2 Å². The molecule has 1 atom stereocenters. The van der Waals surface area contributed by atoms with Crippen LogP contribution in [0.25, 0.3) is 10.9 Å². The molecule has 0 saturated carbocycles. The number of carbonyl (C=O) groups excluding carboxylic acids is 2. The number of likely N-dealkylation sites (tertiary alicyclic amines) is 2. The zero-order valence-corrected chi connectivity index (χ0v) is 17.6. The zero-order valence-electron chi connectivity index (χ0n) is 17.6. The van der Waals surface area contributed by atoms with Gasteiger partial charge >= 0.3 is 6.09 Å². The summed E-state index contributed by atoms with van der Waals surface area (Å²) in [5.41, 5.74) is 1.97. The summed E-state index contributed by atoms with van der Waals surface area (Å²) in [4.78, 5) is 32.6. The van der Waals surface area contributed by atoms with Gasteiger partial charge in [-0.05, 0) is 64.0 Å². The van der Waals surface area contributed by atoms with Crippen LogP contribution in [0.2, 0.25) is 0 Å². The van der Waals surface area contributed by atoms with Gasteiger partial charge in [-0.2, -0.15) is 0 Å². The highest BCUT2D eigenvalue weighted by Gasteiger charge is 2.39. The van der Waals surface area contributed by atoms with Gasteiger partial charge in [0.25, 0.3) is 0 Å². The van der Waals surface area contributed by atoms with Crippen molar-refractivity contribution in [1.82, 2.24) is 14.8 Å². The molecule has 156 valence electrons. The van der Waals surface area contributed by atoms with E-state index >= 15 is 0 Å². The molecule has 2 aromatic rings. The number of nitrogens with zero attached hydrogens (tertiary/aromatic N) is 2. The van der Waals surface area contributed by atoms with Crippen molar-refractivity contribution in [3.63, 3.8) is 0 Å². The van der Waals surface area contributed by atoms with Crippen LogP contribution >= 0.6 is 0 Å². The Bertz CT molecular complexity index is 890. The number of H-pyrrole nitrogens is 1. The Morgan fingerprint density at radius 1 is 1.07 bits per heavy atom. The van der Waals surface area contributed by atoms with Crippen LogP contribution in [-0.2, 0) is 9.53 Å². The average Bonchev–Trinajstić information content (AvgIpc) is 3.33. The Balaban J connectivity index is 1.39. The predicted molar refractivity (Wildman–Crippen MR) is 113 cm³/mol. The van der Waals surface area contributed by atoms with E-state index in [-0.39, 0.29) is 18.0 Å². The minimum absolute atomic E-state index is 0.0748. The highest BCUT2D eigenvalue weighted by atomic mass is 16.6. The zero-order chi connectivity index (χ0) is 20.6. The third kappa shape index (κ3) is 4.11. The fourth-order valence-corrected chi connectivity index (χ4v) is 4.62. The number of aromatic nitrogens is 1. The SMILES string of the molecule is CC(C)(C)OC(=O)N1CCC[C@@H]1C(=O)N1CCC(c2c[nH]c3ccccc23)CC1. The molecule has 29 heavy (non-hydrogen) atoms. The van der Waals surface area contributed by atoms with E-state index in [2.05, 4.69) is 29.4 Å². The highest BCUT2D eigenvalue weighted by molar-refractivity contribution is 5.87. The number of hydrogen-bond acceptors (Lipinski definition) is 3. The number of ether oxygens (including phenoxy) is 1. The Morgan fingerprint density at radius 3 is 2.52 bits per heavy atom. The normalized spacial score (nSPS) is 21.0. The number of para-hydroxylation sites is 1. The maximum absolute atomic E-state index is 13.2. The molecule has 1 aromatic heterocycles. The van der Waals surface area contributed by atoms with Crippen LogP contribution < -0.4 is 0 Å². The second-order valence-corrected chi connectivity index (χ2v) is 9.22. The number of carbonyl (C=O) groups is 2. The number of hydrogen-bond donors (Lipinski definition) is 1. The molecular weight excluding hydrogens is 366 g/mol. The fourth-order valence-electron chi connectivity index (χ4n) is 4.62. The molecule has 0 bridgehead atoms. The smallest absolute Gasteiger partial charge is 0.410 e. The van der Waals surface area contributed by atoms with E-state index in [1.807, 2.05) is 31.7 Å². The van der Waals surface area contributed by atoms with Gasteiger partial charge in [0.05, 0.1) is 0 Å². The van der Waals surface area contributed by atoms with E-state index in [1.54, 1.807) is 4.90 Å². The molecule has 0 spiro atoms. The third-order valence-electron chi connectivity index (χ3n) is 6.03. The quantitative estimate of drug-likeness (QED) is 0.823. The minimum Gasteiger partial charge on any atom is -0.444 e. The van der Waals surface area contributed by atoms with E-state index in [9.17, 15) is 9.59 Å². The van der Waals surface area contributed by atoms with Crippen molar-refractivity contribution < 1.29 is 14.3 Å². The third-order valence-corrected chi connectivity index (χ3v) is 6.03. The van der Waals surface area contributed by atoms with Crippen LogP contribution in [0.1, 0.15) is 57.9 Å². The standard InChI is InChI=1S/C23H31N3O3/c1-23(2,3)29-22(28)26-12-6-9-20(26)21(27)25-13-10-16(11-14-25)18-15-24-19-8-5-4-7-17(18)19/h4-5,7-8,15-16,20,24H,6,9-14H2,1-3H3/t20-/m1/s1. The number of fused-ring (bicyclic) bond motifs is 1. The van der Waals surface area contributed by atoms with Crippen LogP contribution in [0.15, 0.2) is 30.5 Å². The largest absolute Gasteiger partial charge is 0.444 e. The molecule has 0 radical (unpaired) electrons. The lowest BCUT2D eigenvalue weighted by atomic mass is 9.89. The predicted octanol–water partition coefficient (Wildman–Crippen LogP) is 4.27. The number of benzene rings is 1. The summed E-state index contributed by atoms with van der Waals surface area (Å²) in [6, 6.07) is 8.00. The summed E-state index contributed by atoms with van der Waals surface area (Å²) in [5.74, 6) is 0.534. The van der Waals surface area contributed by atoms with Crippen LogP contribution in [0.4, 0.5) is 4.79 Å². The van der Waals surface area contributed by atoms with Crippen molar-refractivity contribution in [2.45, 2.75) is 64.0 Å². The minimum atomic E-state index is -0.551. The summed E-state index contributed by atoms with van der Waals surface area (Å²) in [6.07, 6.45) is 5.22. The maximum Gasteiger partial charge on any atom is 0.410 e. The molecule has 2 aliphatic rings. The van der Waals surface area contributed by atoms with Gasteiger partial charge in [0.1, 0.15) is 11.6 Å². The lowest BCUT2D eigenvalue weighted by Gasteiger charge is -2.36. The highest BCUT2D eigenvalue weighted by Crippen LogP contribution is 2.34. The molecule has 0 unspecified atom stereocenters. The monoisotopic (exact) mass is 397 g/mol. The van der Waals surface area contributed by atoms with Crippen LogP contribution in [-0.4, -0.2) is 58.1 Å². The fraction of sp³-hybridized carbons (Fsp3) is 0.565. The summed E-state index contributed by atoms with van der Waals surface area (Å²) >= 11 is 0. The van der Waals surface area contributed by atoms with Gasteiger partial charge in [-0.15, -0.1) is 0 Å². The lowest BCUT2D eigenvalue weighted by Crippen LogP contribution is -2.50. The molecule has 3 heterocycles. The first-order valence-corrected chi connectivity index (χ1v) is 10.7. The number of aromatic amines is 1. The van der Waals surface area contributed by atoms with Crippen molar-refractivity contribution in [3.05, 3.63) is 36.0 Å². The molecule has 0 aliphatic carbocycles. The maximum atomic E-state index is 13.2. The van der Waals surface area contributed by atoms with E-state index in [1.165, 1.54) is 16.5 Å². The molecule has 2 aliphatic heterocycles. The van der Waals surface area contributed by atoms with Gasteiger partial charge in [0, 0.05) is 36.7 Å². The number of rotatable bonds is 2. The number of piperidine rings is 1. The van der Waals surface area contributed by atoms with E-state index < -0.39 is 5.60 Å². The number of nitrogens with one attached hydrogen (secondary N) is 1. The summed E-state index contributed by atoms with van der Waals surface area (Å²) in [6.45, 7) is 7.63. The first-order valence-electron chi connectivity index (χ1n) is 10.7. The lowest BCUT2D eigenvalue weighted by molar-refractivity contribution is -0.137. The molecule has 2 amide bonds. The van der Waals surface area contributed by atoms with Gasteiger partial charge in [0.2, 0.25) is 5.91 Å². The molecule has 1 N–H and O–H groups in total. The van der Waals surface area contributed by atoms with Gasteiger partial charge in [-0.25, -0.2) is 4.79 Å². The average molecular weight is 398 g/mol. The Hall–Kier alpha value is -2.50. The summed E-state index contributed by atoms with van der Waals surface area (Å²) in [5, 5.41) is 1.28. The van der Waals surface area contributed by atoms with Crippen molar-refractivity contribution in [1.29, 1.82) is 0 Å². The number of amides is 2. The molecular formula is C23H31N3O3. The molecule has 6 nitrogen and oxygen atoms in total. The summed E-state index contributed by atoms with van der Waals surface area (Å²) < 4.78 is 5.51. The topological polar surface area (TPSA) is 65.6 Å². The Kier molecular flexibility index (Phi) is 5.28. The van der Waals surface area contributed by atoms with Crippen LogP contribution in [0.5, 0.6) is 0 Å². The van der Waals surface area contributed by atoms with E-state index in [4.69, 9.17) is 4.74 Å². The van der Waals surface area contributed by atoms with E-state index in [0.29, 0.717) is 12.5 Å². The van der Waals surface area contributed by atoms with Crippen molar-refractivity contribution >= 4 is 22.9 Å². The van der Waals surface area contributed by atoms with Gasteiger partial charge < -0.3 is 14.6 Å². The van der Waals surface area contributed by atoms with Crippen molar-refractivity contribution in [3.8, 4) is 0 Å². The first-order chi connectivity index (χ1) is 13.8. The van der Waals surface area contributed by atoms with Crippen molar-refractivity contribution in [2.24, 2.45) is 0 Å². The molecule has 2 fully saturated rings. The second kappa shape index (κ2) is 7.73.